The SMILES string of the molecule is CCN1CCN(c2ccc(S(=O)(=O)[C@@H]3CC[C@@H](C(=O)NC4(C#N)CC4)C3)c(Cl)c2)CC1.CCN1CCN(c2ccc(S(=O)(=O)[C@H]3CC[C@H](C(=O)NC4(C#N)CC4)C3)c(Cl)c2)CC1. The summed E-state index contributed by atoms with van der Waals surface area (Å²) in [6.07, 6.45) is 5.08. The van der Waals surface area contributed by atoms with Crippen LogP contribution in [0.25, 0.3) is 0 Å². The number of sulfone groups is 2. The minimum atomic E-state index is -3.63. The van der Waals surface area contributed by atoms with E-state index in [2.05, 4.69) is 56.2 Å². The van der Waals surface area contributed by atoms with Crippen LogP contribution in [-0.2, 0) is 29.3 Å². The summed E-state index contributed by atoms with van der Waals surface area (Å²) in [7, 11) is -7.27. The number of likely N-dealkylation sites (N-methyl/N-ethyl adjacent to an activating group) is 2. The molecule has 18 heteroatoms. The summed E-state index contributed by atoms with van der Waals surface area (Å²) in [5, 5.41) is 23.2. The highest BCUT2D eigenvalue weighted by atomic mass is 35.5. The molecule has 0 unspecified atom stereocenters. The van der Waals surface area contributed by atoms with E-state index in [9.17, 15) is 26.4 Å². The first-order valence-corrected chi connectivity index (χ1v) is 25.9. The molecule has 2 aromatic carbocycles. The van der Waals surface area contributed by atoms with Crippen molar-refractivity contribution in [1.29, 1.82) is 10.5 Å². The first kappa shape index (κ1) is 46.4. The van der Waals surface area contributed by atoms with Crippen LogP contribution in [-0.4, -0.2) is 125 Å². The van der Waals surface area contributed by atoms with Gasteiger partial charge in [0, 0.05) is 75.6 Å². The average molecular weight is 930 g/mol. The Hall–Kier alpha value is -3.64. The van der Waals surface area contributed by atoms with Crippen molar-refractivity contribution >= 4 is 66.1 Å². The summed E-state index contributed by atoms with van der Waals surface area (Å²) < 4.78 is 53.0. The second kappa shape index (κ2) is 18.8. The number of nitriles is 2. The molecule has 2 amide bonds. The number of hydrogen-bond acceptors (Lipinski definition) is 12. The van der Waals surface area contributed by atoms with E-state index >= 15 is 0 Å². The van der Waals surface area contributed by atoms with Crippen LogP contribution in [0.5, 0.6) is 0 Å². The zero-order valence-corrected chi connectivity index (χ0v) is 38.8. The molecule has 6 fully saturated rings. The van der Waals surface area contributed by atoms with Gasteiger partial charge in [-0.25, -0.2) is 16.8 Å². The van der Waals surface area contributed by atoms with Crippen LogP contribution in [0.2, 0.25) is 10.0 Å². The van der Waals surface area contributed by atoms with E-state index < -0.39 is 41.3 Å². The normalized spacial score (nSPS) is 25.8. The standard InChI is InChI=1S/2C22H29ClN4O3S/c2*1-2-26-9-11-27(12-10-26)17-4-6-20(19(23)14-17)31(29,30)18-5-3-16(13-18)21(28)25-22(15-24)7-8-22/h2*4,6,14,16,18H,2-3,5,7-13H2,1H3,(H,25,28)/t2*16-,18-/m10/s1. The molecule has 8 rings (SSSR count). The maximum Gasteiger partial charge on any atom is 0.224 e. The Balaban J connectivity index is 0.000000186. The van der Waals surface area contributed by atoms with Gasteiger partial charge in [-0.1, -0.05) is 37.0 Å². The van der Waals surface area contributed by atoms with Crippen LogP contribution in [0.3, 0.4) is 0 Å². The highest BCUT2D eigenvalue weighted by molar-refractivity contribution is 7.92. The minimum absolute atomic E-state index is 0.145. The second-order valence-corrected chi connectivity index (χ2v) is 23.0. The van der Waals surface area contributed by atoms with Gasteiger partial charge in [-0.05, 0) is 114 Å². The van der Waals surface area contributed by atoms with Crippen LogP contribution in [0, 0.1) is 34.5 Å². The van der Waals surface area contributed by atoms with Crippen LogP contribution < -0.4 is 20.4 Å². The summed E-state index contributed by atoms with van der Waals surface area (Å²) in [6, 6.07) is 14.7. The van der Waals surface area contributed by atoms with E-state index in [1.807, 2.05) is 12.1 Å². The highest BCUT2D eigenvalue weighted by Gasteiger charge is 2.48. The molecule has 62 heavy (non-hydrogen) atoms. The summed E-state index contributed by atoms with van der Waals surface area (Å²) in [5.74, 6) is -1.16. The van der Waals surface area contributed by atoms with E-state index in [4.69, 9.17) is 33.7 Å². The van der Waals surface area contributed by atoms with E-state index in [1.165, 1.54) is 0 Å². The smallest absolute Gasteiger partial charge is 0.224 e. The summed E-state index contributed by atoms with van der Waals surface area (Å²) in [6.45, 7) is 13.8. The molecule has 4 aliphatic carbocycles. The Kier molecular flexibility index (Phi) is 14.1. The van der Waals surface area contributed by atoms with Crippen molar-refractivity contribution in [3.05, 3.63) is 46.4 Å². The molecule has 2 aliphatic heterocycles. The Morgan fingerprint density at radius 2 is 0.984 bits per heavy atom. The van der Waals surface area contributed by atoms with Gasteiger partial charge in [0.15, 0.2) is 19.7 Å². The van der Waals surface area contributed by atoms with Crippen LogP contribution >= 0.6 is 23.2 Å². The maximum absolute atomic E-state index is 13.3. The lowest BCUT2D eigenvalue weighted by Gasteiger charge is -2.35. The fourth-order valence-corrected chi connectivity index (χ4v) is 14.0. The molecule has 0 spiro atoms. The highest BCUT2D eigenvalue weighted by Crippen LogP contribution is 2.41. The third-order valence-corrected chi connectivity index (χ3v) is 19.3. The number of halogens is 2. The van der Waals surface area contributed by atoms with Gasteiger partial charge in [0.2, 0.25) is 11.8 Å². The van der Waals surface area contributed by atoms with Crippen molar-refractivity contribution in [1.82, 2.24) is 20.4 Å². The van der Waals surface area contributed by atoms with Crippen LogP contribution in [0.15, 0.2) is 46.2 Å². The van der Waals surface area contributed by atoms with Gasteiger partial charge in [0.05, 0.1) is 42.5 Å². The lowest BCUT2D eigenvalue weighted by molar-refractivity contribution is -0.126. The number of hydrogen-bond donors (Lipinski definition) is 2. The molecule has 0 bridgehead atoms. The van der Waals surface area contributed by atoms with Gasteiger partial charge in [-0.2, -0.15) is 10.5 Å². The maximum atomic E-state index is 13.3. The van der Waals surface area contributed by atoms with Gasteiger partial charge in [-0.15, -0.1) is 0 Å². The molecule has 4 saturated carbocycles. The number of carbonyl (C=O) groups is 2. The second-order valence-electron chi connectivity index (χ2n) is 17.8. The third kappa shape index (κ3) is 10.2. The molecule has 6 aliphatic rings. The lowest BCUT2D eigenvalue weighted by atomic mass is 10.1. The number of carbonyl (C=O) groups excluding carboxylic acids is 2. The lowest BCUT2D eigenvalue weighted by Crippen LogP contribution is -2.46. The molecule has 2 saturated heterocycles. The van der Waals surface area contributed by atoms with Crippen molar-refractivity contribution < 1.29 is 26.4 Å². The number of anilines is 2. The van der Waals surface area contributed by atoms with Crippen LogP contribution in [0.4, 0.5) is 11.4 Å². The van der Waals surface area contributed by atoms with E-state index in [-0.39, 0.29) is 56.3 Å². The molecule has 2 N–H and O–H groups in total. The first-order valence-electron chi connectivity index (χ1n) is 22.0. The Morgan fingerprint density at radius 3 is 1.27 bits per heavy atom. The molecule has 2 heterocycles. The minimum Gasteiger partial charge on any atom is -0.369 e. The van der Waals surface area contributed by atoms with Crippen LogP contribution in [0.1, 0.15) is 78.1 Å². The van der Waals surface area contributed by atoms with Gasteiger partial charge in [-0.3, -0.25) is 9.59 Å². The van der Waals surface area contributed by atoms with Crippen molar-refractivity contribution in [3.8, 4) is 12.1 Å². The van der Waals surface area contributed by atoms with E-state index in [0.29, 0.717) is 51.4 Å². The first-order chi connectivity index (χ1) is 29.6. The Labute approximate surface area is 376 Å². The summed E-state index contributed by atoms with van der Waals surface area (Å²) in [5.41, 5.74) is 0.426. The predicted molar refractivity (Wildman–Crippen MR) is 240 cm³/mol. The monoisotopic (exact) mass is 928 g/mol. The fourth-order valence-electron chi connectivity index (χ4n) is 9.21. The van der Waals surface area contributed by atoms with Gasteiger partial charge in [0.25, 0.3) is 0 Å². The van der Waals surface area contributed by atoms with E-state index in [1.54, 1.807) is 24.3 Å². The third-order valence-electron chi connectivity index (χ3n) is 13.9. The van der Waals surface area contributed by atoms with Crippen molar-refractivity contribution in [2.75, 3.05) is 75.2 Å². The predicted octanol–water partition coefficient (Wildman–Crippen LogP) is 5.19. The molecular formula is C44H58Cl2N8O6S2. The molecule has 0 radical (unpaired) electrons. The number of amides is 2. The van der Waals surface area contributed by atoms with Gasteiger partial charge < -0.3 is 30.2 Å². The molecule has 4 atom stereocenters. The van der Waals surface area contributed by atoms with Crippen molar-refractivity contribution in [2.45, 2.75) is 109 Å². The summed E-state index contributed by atoms with van der Waals surface area (Å²) >= 11 is 12.9. The average Bonchev–Trinajstić information content (AvgIpc) is 4.08. The number of nitrogens with one attached hydrogen (secondary N) is 2. The Morgan fingerprint density at radius 1 is 0.629 bits per heavy atom. The van der Waals surface area contributed by atoms with Crippen molar-refractivity contribution in [2.24, 2.45) is 11.8 Å². The van der Waals surface area contributed by atoms with Crippen molar-refractivity contribution in [3.63, 3.8) is 0 Å². The zero-order chi connectivity index (χ0) is 44.5. The van der Waals surface area contributed by atoms with Gasteiger partial charge >= 0.3 is 0 Å². The zero-order valence-electron chi connectivity index (χ0n) is 35.6. The topological polar surface area (TPSA) is 187 Å². The quantitative estimate of drug-likeness (QED) is 0.284. The van der Waals surface area contributed by atoms with E-state index in [0.717, 1.165) is 76.8 Å². The fraction of sp³-hybridized carbons (Fsp3) is 0.636. The molecular weight excluding hydrogens is 872 g/mol. The molecule has 2 aromatic rings. The number of nitrogens with zero attached hydrogens (tertiary/aromatic N) is 6. The molecule has 0 aromatic heterocycles. The molecule has 14 nitrogen and oxygen atoms in total. The number of piperazine rings is 2. The number of benzene rings is 2. The Bertz CT molecular complexity index is 2150. The largest absolute Gasteiger partial charge is 0.369 e. The summed E-state index contributed by atoms with van der Waals surface area (Å²) in [4.78, 5) is 34.5. The van der Waals surface area contributed by atoms with Gasteiger partial charge in [0.1, 0.15) is 11.1 Å². The number of rotatable bonds is 12. The molecule has 336 valence electrons.